The van der Waals surface area contributed by atoms with Crippen molar-refractivity contribution in [3.63, 3.8) is 0 Å². The zero-order valence-electron chi connectivity index (χ0n) is 10.0. The highest BCUT2D eigenvalue weighted by Gasteiger charge is 2.30. The molecule has 1 aromatic carbocycles. The molecule has 0 aliphatic carbocycles. The highest BCUT2D eigenvalue weighted by atomic mass is 16.5. The summed E-state index contributed by atoms with van der Waals surface area (Å²) in [5, 5.41) is 3.17. The quantitative estimate of drug-likeness (QED) is 0.786. The van der Waals surface area contributed by atoms with Crippen LogP contribution >= 0.6 is 0 Å². The van der Waals surface area contributed by atoms with Gasteiger partial charge in [0.25, 0.3) is 6.02 Å². The number of nitrogens with one attached hydrogen (secondary N) is 1. The van der Waals surface area contributed by atoms with Crippen molar-refractivity contribution in [3.05, 3.63) is 30.3 Å². The number of benzene rings is 1. The maximum absolute atomic E-state index is 5.53. The monoisotopic (exact) mass is 218 g/mol. The van der Waals surface area contributed by atoms with Crippen LogP contribution in [0.4, 0.5) is 5.69 Å². The summed E-state index contributed by atoms with van der Waals surface area (Å²) in [6.07, 6.45) is 0. The van der Waals surface area contributed by atoms with Crippen molar-refractivity contribution in [2.45, 2.75) is 26.8 Å². The lowest BCUT2D eigenvalue weighted by atomic mass is 9.88. The van der Waals surface area contributed by atoms with Crippen LogP contribution < -0.4 is 5.32 Å². The SMILES string of the molecule is CC(C)(C)C1COC(Nc2ccccc2)=N1. The van der Waals surface area contributed by atoms with Gasteiger partial charge in [-0.15, -0.1) is 0 Å². The fourth-order valence-corrected chi connectivity index (χ4v) is 1.53. The zero-order valence-corrected chi connectivity index (χ0v) is 10.0. The molecular weight excluding hydrogens is 200 g/mol. The Morgan fingerprint density at radius 1 is 1.25 bits per heavy atom. The van der Waals surface area contributed by atoms with Gasteiger partial charge in [-0.25, -0.2) is 4.99 Å². The molecular formula is C13H18N2O. The van der Waals surface area contributed by atoms with Crippen molar-refractivity contribution in [3.8, 4) is 0 Å². The first kappa shape index (κ1) is 11.0. The van der Waals surface area contributed by atoms with Crippen molar-refractivity contribution in [1.82, 2.24) is 0 Å². The first-order valence-electron chi connectivity index (χ1n) is 5.58. The second-order valence-corrected chi connectivity index (χ2v) is 5.12. The van der Waals surface area contributed by atoms with Crippen molar-refractivity contribution >= 4 is 11.7 Å². The standard InChI is InChI=1S/C13H18N2O/c1-13(2,3)11-9-16-12(15-11)14-10-7-5-4-6-8-10/h4-8,11H,9H2,1-3H3,(H,14,15). The second-order valence-electron chi connectivity index (χ2n) is 5.12. The molecule has 0 bridgehead atoms. The summed E-state index contributed by atoms with van der Waals surface area (Å²) in [6, 6.07) is 10.8. The normalized spacial score (nSPS) is 20.2. The predicted molar refractivity (Wildman–Crippen MR) is 66.7 cm³/mol. The van der Waals surface area contributed by atoms with Crippen LogP contribution in [0.15, 0.2) is 35.3 Å². The Morgan fingerprint density at radius 2 is 1.94 bits per heavy atom. The number of rotatable bonds is 1. The maximum Gasteiger partial charge on any atom is 0.289 e. The van der Waals surface area contributed by atoms with E-state index in [0.717, 1.165) is 5.69 Å². The molecule has 3 nitrogen and oxygen atoms in total. The van der Waals surface area contributed by atoms with Crippen molar-refractivity contribution in [1.29, 1.82) is 0 Å². The van der Waals surface area contributed by atoms with E-state index in [2.05, 4.69) is 31.1 Å². The Bertz CT molecular complexity index is 379. The van der Waals surface area contributed by atoms with E-state index in [9.17, 15) is 0 Å². The van der Waals surface area contributed by atoms with Crippen LogP contribution in [0, 0.1) is 5.41 Å². The number of nitrogens with zero attached hydrogens (tertiary/aromatic N) is 1. The van der Waals surface area contributed by atoms with Crippen molar-refractivity contribution in [2.24, 2.45) is 10.4 Å². The van der Waals surface area contributed by atoms with Gasteiger partial charge in [0.2, 0.25) is 0 Å². The van der Waals surface area contributed by atoms with Crippen molar-refractivity contribution < 1.29 is 4.74 Å². The minimum atomic E-state index is 0.153. The number of amidine groups is 1. The Kier molecular flexibility index (Phi) is 2.86. The van der Waals surface area contributed by atoms with E-state index < -0.39 is 0 Å². The molecule has 0 saturated carbocycles. The Hall–Kier alpha value is -1.51. The number of hydrogen-bond acceptors (Lipinski definition) is 3. The van der Waals surface area contributed by atoms with Gasteiger partial charge in [-0.05, 0) is 17.5 Å². The van der Waals surface area contributed by atoms with Gasteiger partial charge in [-0.1, -0.05) is 39.0 Å². The van der Waals surface area contributed by atoms with Gasteiger partial charge >= 0.3 is 0 Å². The average Bonchev–Trinajstić information content (AvgIpc) is 2.67. The van der Waals surface area contributed by atoms with Crippen LogP contribution in [0.5, 0.6) is 0 Å². The van der Waals surface area contributed by atoms with Crippen LogP contribution in [0.3, 0.4) is 0 Å². The number of ether oxygens (including phenoxy) is 1. The lowest BCUT2D eigenvalue weighted by Gasteiger charge is -2.21. The summed E-state index contributed by atoms with van der Waals surface area (Å²) in [6.45, 7) is 7.20. The predicted octanol–water partition coefficient (Wildman–Crippen LogP) is 2.90. The molecule has 0 radical (unpaired) electrons. The Labute approximate surface area is 96.5 Å². The third-order valence-corrected chi connectivity index (χ3v) is 2.68. The molecule has 0 fully saturated rings. The van der Waals surface area contributed by atoms with Crippen LogP contribution in [0.1, 0.15) is 20.8 Å². The summed E-state index contributed by atoms with van der Waals surface area (Å²) in [5.74, 6) is 0. The molecule has 1 aliphatic rings. The lowest BCUT2D eigenvalue weighted by Crippen LogP contribution is -2.25. The van der Waals surface area contributed by atoms with Gasteiger partial charge in [0, 0.05) is 5.69 Å². The maximum atomic E-state index is 5.53. The van der Waals surface area contributed by atoms with E-state index in [1.54, 1.807) is 0 Å². The molecule has 86 valence electrons. The van der Waals surface area contributed by atoms with Gasteiger partial charge in [-0.2, -0.15) is 0 Å². The summed E-state index contributed by atoms with van der Waals surface area (Å²) < 4.78 is 5.53. The average molecular weight is 218 g/mol. The summed E-state index contributed by atoms with van der Waals surface area (Å²) in [4.78, 5) is 4.54. The van der Waals surface area contributed by atoms with Gasteiger partial charge in [0.15, 0.2) is 0 Å². The molecule has 1 N–H and O–H groups in total. The Morgan fingerprint density at radius 3 is 2.50 bits per heavy atom. The lowest BCUT2D eigenvalue weighted by molar-refractivity contribution is 0.235. The van der Waals surface area contributed by atoms with Crippen LogP contribution in [0.2, 0.25) is 0 Å². The summed E-state index contributed by atoms with van der Waals surface area (Å²) >= 11 is 0. The van der Waals surface area contributed by atoms with Crippen LogP contribution in [-0.4, -0.2) is 18.7 Å². The number of para-hydroxylation sites is 1. The largest absolute Gasteiger partial charge is 0.463 e. The van der Waals surface area contributed by atoms with Gasteiger partial charge < -0.3 is 10.1 Å². The third-order valence-electron chi connectivity index (χ3n) is 2.68. The van der Waals surface area contributed by atoms with E-state index >= 15 is 0 Å². The molecule has 16 heavy (non-hydrogen) atoms. The summed E-state index contributed by atoms with van der Waals surface area (Å²) in [5.41, 5.74) is 1.16. The third kappa shape index (κ3) is 2.54. The first-order chi connectivity index (χ1) is 7.55. The molecule has 2 rings (SSSR count). The van der Waals surface area contributed by atoms with Gasteiger partial charge in [0.05, 0.1) is 6.04 Å². The van der Waals surface area contributed by atoms with E-state index in [1.165, 1.54) is 0 Å². The highest BCUT2D eigenvalue weighted by Crippen LogP contribution is 2.26. The summed E-state index contributed by atoms with van der Waals surface area (Å²) in [7, 11) is 0. The highest BCUT2D eigenvalue weighted by molar-refractivity contribution is 5.90. The van der Waals surface area contributed by atoms with E-state index in [4.69, 9.17) is 4.74 Å². The van der Waals surface area contributed by atoms with Crippen LogP contribution in [0.25, 0.3) is 0 Å². The molecule has 1 atom stereocenters. The molecule has 1 unspecified atom stereocenters. The number of aliphatic imine (C=N–C) groups is 1. The molecule has 1 aliphatic heterocycles. The molecule has 1 heterocycles. The molecule has 1 aromatic rings. The fourth-order valence-electron chi connectivity index (χ4n) is 1.53. The topological polar surface area (TPSA) is 33.6 Å². The Balaban J connectivity index is 2.03. The first-order valence-corrected chi connectivity index (χ1v) is 5.58. The minimum Gasteiger partial charge on any atom is -0.463 e. The molecule has 0 amide bonds. The fraction of sp³-hybridized carbons (Fsp3) is 0.462. The van der Waals surface area contributed by atoms with E-state index in [-0.39, 0.29) is 11.5 Å². The molecule has 3 heteroatoms. The number of hydrogen-bond donors (Lipinski definition) is 1. The molecule has 0 saturated heterocycles. The second kappa shape index (κ2) is 4.16. The van der Waals surface area contributed by atoms with E-state index in [1.807, 2.05) is 30.3 Å². The van der Waals surface area contributed by atoms with Crippen LogP contribution in [-0.2, 0) is 4.74 Å². The smallest absolute Gasteiger partial charge is 0.289 e. The van der Waals surface area contributed by atoms with Gasteiger partial charge in [0.1, 0.15) is 6.61 Å². The van der Waals surface area contributed by atoms with Gasteiger partial charge in [-0.3, -0.25) is 0 Å². The minimum absolute atomic E-state index is 0.153. The zero-order chi connectivity index (χ0) is 11.6. The van der Waals surface area contributed by atoms with E-state index in [0.29, 0.717) is 12.6 Å². The molecule has 0 spiro atoms. The molecule has 0 aromatic heterocycles. The number of anilines is 1. The van der Waals surface area contributed by atoms with Crippen molar-refractivity contribution in [2.75, 3.05) is 11.9 Å².